The number of ether oxygens (including phenoxy) is 1. The molecule has 2 aromatic carbocycles. The second kappa shape index (κ2) is 9.18. The van der Waals surface area contributed by atoms with Gasteiger partial charge >= 0.3 is 0 Å². The van der Waals surface area contributed by atoms with Crippen LogP contribution in [0, 0.1) is 29.4 Å². The monoisotopic (exact) mass is 499 g/mol. The van der Waals surface area contributed by atoms with Crippen LogP contribution < -0.4 is 9.64 Å². The first-order valence-corrected chi connectivity index (χ1v) is 13.5. The molecular weight excluding hydrogens is 472 g/mol. The number of halogens is 2. The molecule has 5 rings (SSSR count). The lowest BCUT2D eigenvalue weighted by atomic mass is 10.1. The van der Waals surface area contributed by atoms with Crippen molar-refractivity contribution in [3.63, 3.8) is 0 Å². The summed E-state index contributed by atoms with van der Waals surface area (Å²) in [4.78, 5) is 11.2. The van der Waals surface area contributed by atoms with E-state index in [-0.39, 0.29) is 28.9 Å². The molecule has 1 aliphatic heterocycles. The molecule has 1 aromatic heterocycles. The third kappa shape index (κ3) is 4.61. The summed E-state index contributed by atoms with van der Waals surface area (Å²) in [6, 6.07) is 8.43. The van der Waals surface area contributed by atoms with Crippen LogP contribution in [0.4, 0.5) is 14.7 Å². The molecule has 184 valence electrons. The Hall–Kier alpha value is -3.07. The van der Waals surface area contributed by atoms with Crippen molar-refractivity contribution in [1.82, 2.24) is 9.97 Å². The van der Waals surface area contributed by atoms with E-state index in [1.54, 1.807) is 19.1 Å². The van der Waals surface area contributed by atoms with Crippen LogP contribution in [0.2, 0.25) is 0 Å². The molecule has 2 unspecified atom stereocenters. The SMILES string of the molecule is CCc1cnc(N2CC3C(COc4c(F)cc(-c5ccc(S(=O)(=O)CC)cc5)cc4F)[C@@H]3C2)nc1. The molecular formula is C26H27F2N3O3S. The number of nitrogens with zero attached hydrogens (tertiary/aromatic N) is 3. The van der Waals surface area contributed by atoms with Gasteiger partial charge in [0.1, 0.15) is 0 Å². The topological polar surface area (TPSA) is 72.4 Å². The average molecular weight is 500 g/mol. The molecule has 0 radical (unpaired) electrons. The molecule has 9 heteroatoms. The molecule has 2 aliphatic rings. The molecule has 3 aromatic rings. The minimum Gasteiger partial charge on any atom is -0.487 e. The van der Waals surface area contributed by atoms with E-state index in [9.17, 15) is 17.2 Å². The molecule has 3 atom stereocenters. The van der Waals surface area contributed by atoms with E-state index in [4.69, 9.17) is 4.74 Å². The van der Waals surface area contributed by atoms with Gasteiger partial charge in [-0.3, -0.25) is 0 Å². The van der Waals surface area contributed by atoms with Crippen LogP contribution in [0.5, 0.6) is 5.75 Å². The van der Waals surface area contributed by atoms with Crippen molar-refractivity contribution in [3.05, 3.63) is 66.0 Å². The highest BCUT2D eigenvalue weighted by atomic mass is 32.2. The van der Waals surface area contributed by atoms with Crippen molar-refractivity contribution < 1.29 is 21.9 Å². The van der Waals surface area contributed by atoms with Gasteiger partial charge in [-0.15, -0.1) is 0 Å². The van der Waals surface area contributed by atoms with Gasteiger partial charge in [-0.05, 0) is 59.2 Å². The number of aromatic nitrogens is 2. The Morgan fingerprint density at radius 2 is 1.57 bits per heavy atom. The lowest BCUT2D eigenvalue weighted by Gasteiger charge is -2.20. The second-order valence-corrected chi connectivity index (χ2v) is 11.4. The highest BCUT2D eigenvalue weighted by Gasteiger charge is 2.56. The van der Waals surface area contributed by atoms with Gasteiger partial charge in [0.2, 0.25) is 5.95 Å². The molecule has 1 aliphatic carbocycles. The summed E-state index contributed by atoms with van der Waals surface area (Å²) >= 11 is 0. The average Bonchev–Trinajstić information content (AvgIpc) is 3.31. The summed E-state index contributed by atoms with van der Waals surface area (Å²) in [7, 11) is -3.34. The molecule has 35 heavy (non-hydrogen) atoms. The van der Waals surface area contributed by atoms with Gasteiger partial charge in [0.15, 0.2) is 27.2 Å². The van der Waals surface area contributed by atoms with Crippen LogP contribution >= 0.6 is 0 Å². The van der Waals surface area contributed by atoms with Crippen molar-refractivity contribution in [2.75, 3.05) is 30.3 Å². The van der Waals surface area contributed by atoms with E-state index in [2.05, 4.69) is 21.8 Å². The zero-order valence-electron chi connectivity index (χ0n) is 19.6. The Labute approximate surface area is 203 Å². The summed E-state index contributed by atoms with van der Waals surface area (Å²) < 4.78 is 59.0. The first-order valence-electron chi connectivity index (χ1n) is 11.8. The van der Waals surface area contributed by atoms with Crippen LogP contribution in [0.15, 0.2) is 53.7 Å². The third-order valence-corrected chi connectivity index (χ3v) is 8.85. The molecule has 0 amide bonds. The number of piperidine rings is 1. The van der Waals surface area contributed by atoms with E-state index in [1.807, 2.05) is 12.4 Å². The maximum absolute atomic E-state index is 14.7. The lowest BCUT2D eigenvalue weighted by Crippen LogP contribution is -2.27. The Balaban J connectivity index is 1.20. The van der Waals surface area contributed by atoms with Crippen molar-refractivity contribution >= 4 is 15.8 Å². The number of anilines is 1. The molecule has 1 saturated heterocycles. The van der Waals surface area contributed by atoms with E-state index >= 15 is 0 Å². The zero-order chi connectivity index (χ0) is 24.7. The molecule has 2 fully saturated rings. The van der Waals surface area contributed by atoms with Crippen LogP contribution in [0.25, 0.3) is 11.1 Å². The second-order valence-electron chi connectivity index (χ2n) is 9.15. The molecule has 6 nitrogen and oxygen atoms in total. The normalized spacial score (nSPS) is 21.1. The van der Waals surface area contributed by atoms with Crippen LogP contribution in [0.1, 0.15) is 19.4 Å². The van der Waals surface area contributed by atoms with Gasteiger partial charge in [-0.1, -0.05) is 26.0 Å². The largest absolute Gasteiger partial charge is 0.487 e. The predicted octanol–water partition coefficient (Wildman–Crippen LogP) is 4.54. The minimum atomic E-state index is -3.34. The van der Waals surface area contributed by atoms with Crippen molar-refractivity contribution in [2.45, 2.75) is 25.2 Å². The van der Waals surface area contributed by atoms with Gasteiger partial charge in [0.25, 0.3) is 0 Å². The molecule has 2 heterocycles. The summed E-state index contributed by atoms with van der Waals surface area (Å²) in [6.45, 7) is 5.52. The number of benzene rings is 2. The number of hydrogen-bond donors (Lipinski definition) is 0. The Kier molecular flexibility index (Phi) is 6.21. The highest BCUT2D eigenvalue weighted by Crippen LogP contribution is 2.52. The highest BCUT2D eigenvalue weighted by molar-refractivity contribution is 7.91. The molecule has 1 saturated carbocycles. The number of hydrogen-bond acceptors (Lipinski definition) is 6. The standard InChI is InChI=1S/C26H27F2N3O3S/c1-3-16-11-29-26(30-12-16)31-13-20-21(14-31)22(20)15-34-25-23(27)9-18(10-24(25)28)17-5-7-19(8-6-17)35(32,33)4-2/h5-12,20-22H,3-4,13-15H2,1-2H3/t20-,21?,22?/m1/s1. The van der Waals surface area contributed by atoms with E-state index in [0.29, 0.717) is 23.0 Å². The van der Waals surface area contributed by atoms with E-state index < -0.39 is 21.5 Å². The third-order valence-electron chi connectivity index (χ3n) is 7.10. The lowest BCUT2D eigenvalue weighted by molar-refractivity contribution is 0.257. The number of sulfone groups is 1. The van der Waals surface area contributed by atoms with Crippen LogP contribution in [0.3, 0.4) is 0 Å². The van der Waals surface area contributed by atoms with Crippen molar-refractivity contribution in [2.24, 2.45) is 17.8 Å². The Bertz CT molecular complexity index is 1300. The Morgan fingerprint density at radius 1 is 0.971 bits per heavy atom. The number of aryl methyl sites for hydroxylation is 1. The fourth-order valence-electron chi connectivity index (χ4n) is 4.82. The Morgan fingerprint density at radius 3 is 2.11 bits per heavy atom. The zero-order valence-corrected chi connectivity index (χ0v) is 20.4. The van der Waals surface area contributed by atoms with Crippen molar-refractivity contribution in [3.8, 4) is 16.9 Å². The van der Waals surface area contributed by atoms with Gasteiger partial charge in [-0.2, -0.15) is 0 Å². The number of rotatable bonds is 8. The quantitative estimate of drug-likeness (QED) is 0.453. The van der Waals surface area contributed by atoms with Gasteiger partial charge in [0, 0.05) is 31.4 Å². The summed E-state index contributed by atoms with van der Waals surface area (Å²) in [5.41, 5.74) is 1.94. The van der Waals surface area contributed by atoms with E-state index in [0.717, 1.165) is 31.0 Å². The van der Waals surface area contributed by atoms with Gasteiger partial charge in [0.05, 0.1) is 17.3 Å². The fraction of sp³-hybridized carbons (Fsp3) is 0.385. The summed E-state index contributed by atoms with van der Waals surface area (Å²) in [5, 5.41) is 0. The maximum Gasteiger partial charge on any atom is 0.225 e. The van der Waals surface area contributed by atoms with Crippen LogP contribution in [-0.4, -0.2) is 43.8 Å². The van der Waals surface area contributed by atoms with Gasteiger partial charge < -0.3 is 9.64 Å². The first-order chi connectivity index (χ1) is 16.8. The summed E-state index contributed by atoms with van der Waals surface area (Å²) in [5.74, 6) is -0.138. The first kappa shape index (κ1) is 23.7. The molecule has 0 N–H and O–H groups in total. The van der Waals surface area contributed by atoms with E-state index in [1.165, 1.54) is 24.3 Å². The minimum absolute atomic E-state index is 0.0117. The smallest absolute Gasteiger partial charge is 0.225 e. The van der Waals surface area contributed by atoms with Crippen LogP contribution in [-0.2, 0) is 16.3 Å². The van der Waals surface area contributed by atoms with Gasteiger partial charge in [-0.25, -0.2) is 27.2 Å². The molecule has 0 bridgehead atoms. The molecule has 0 spiro atoms. The fourth-order valence-corrected chi connectivity index (χ4v) is 5.70. The maximum atomic E-state index is 14.7. The number of fused-ring (bicyclic) bond motifs is 1. The predicted molar refractivity (Wildman–Crippen MR) is 129 cm³/mol. The van der Waals surface area contributed by atoms with Crippen molar-refractivity contribution in [1.29, 1.82) is 0 Å². The summed E-state index contributed by atoms with van der Waals surface area (Å²) in [6.07, 6.45) is 4.60.